The van der Waals surface area contributed by atoms with Gasteiger partial charge in [-0.25, -0.2) is 4.98 Å². The van der Waals surface area contributed by atoms with E-state index in [1.807, 2.05) is 0 Å². The fraction of sp³-hybridized carbons (Fsp3) is 0.471. The van der Waals surface area contributed by atoms with Gasteiger partial charge in [0.25, 0.3) is 0 Å². The highest BCUT2D eigenvalue weighted by Crippen LogP contribution is 2.22. The Balaban J connectivity index is 2.34. The summed E-state index contributed by atoms with van der Waals surface area (Å²) in [7, 11) is 2.09. The summed E-state index contributed by atoms with van der Waals surface area (Å²) < 4.78 is 0. The average molecular weight is 271 g/mol. The standard InChI is InChI=1S/C17H25N3/c1-5-20(4)17-10-14(12-18-11-13(2)3)15-8-6-7-9-16(15)19-17/h6-10,13,18H,5,11-12H2,1-4H3. The topological polar surface area (TPSA) is 28.2 Å². The fourth-order valence-electron chi connectivity index (χ4n) is 2.23. The minimum Gasteiger partial charge on any atom is -0.360 e. The molecule has 0 aliphatic carbocycles. The molecular weight excluding hydrogens is 246 g/mol. The molecule has 108 valence electrons. The monoisotopic (exact) mass is 271 g/mol. The Hall–Kier alpha value is -1.61. The largest absolute Gasteiger partial charge is 0.360 e. The van der Waals surface area contributed by atoms with Crippen LogP contribution in [0.3, 0.4) is 0 Å². The third-order valence-electron chi connectivity index (χ3n) is 3.52. The highest BCUT2D eigenvalue weighted by atomic mass is 15.2. The van der Waals surface area contributed by atoms with Crippen molar-refractivity contribution in [1.82, 2.24) is 10.3 Å². The van der Waals surface area contributed by atoms with Crippen LogP contribution in [-0.4, -0.2) is 25.1 Å². The van der Waals surface area contributed by atoms with E-state index < -0.39 is 0 Å². The minimum atomic E-state index is 0.667. The van der Waals surface area contributed by atoms with Crippen molar-refractivity contribution in [1.29, 1.82) is 0 Å². The van der Waals surface area contributed by atoms with Crippen molar-refractivity contribution in [3.8, 4) is 0 Å². The van der Waals surface area contributed by atoms with Gasteiger partial charge in [0.05, 0.1) is 5.52 Å². The van der Waals surface area contributed by atoms with Crippen LogP contribution in [0.1, 0.15) is 26.3 Å². The Labute approximate surface area is 122 Å². The molecule has 0 fully saturated rings. The quantitative estimate of drug-likeness (QED) is 0.872. The minimum absolute atomic E-state index is 0.667. The lowest BCUT2D eigenvalue weighted by molar-refractivity contribution is 0.553. The summed E-state index contributed by atoms with van der Waals surface area (Å²) >= 11 is 0. The maximum Gasteiger partial charge on any atom is 0.129 e. The van der Waals surface area contributed by atoms with Crippen LogP contribution in [0.2, 0.25) is 0 Å². The second-order valence-corrected chi connectivity index (χ2v) is 5.70. The molecule has 1 aromatic carbocycles. The van der Waals surface area contributed by atoms with E-state index in [9.17, 15) is 0 Å². The number of rotatable bonds is 6. The molecule has 0 aliphatic heterocycles. The maximum atomic E-state index is 4.75. The van der Waals surface area contributed by atoms with E-state index in [0.29, 0.717) is 5.92 Å². The van der Waals surface area contributed by atoms with Crippen molar-refractivity contribution in [2.75, 3.05) is 25.0 Å². The number of nitrogens with zero attached hydrogens (tertiary/aromatic N) is 2. The van der Waals surface area contributed by atoms with E-state index in [4.69, 9.17) is 4.98 Å². The van der Waals surface area contributed by atoms with Crippen molar-refractivity contribution in [3.05, 3.63) is 35.9 Å². The number of pyridine rings is 1. The third kappa shape index (κ3) is 3.48. The predicted molar refractivity (Wildman–Crippen MR) is 87.2 cm³/mol. The number of nitrogens with one attached hydrogen (secondary N) is 1. The van der Waals surface area contributed by atoms with Crippen LogP contribution < -0.4 is 10.2 Å². The Morgan fingerprint density at radius 2 is 2.00 bits per heavy atom. The molecule has 1 aromatic heterocycles. The lowest BCUT2D eigenvalue weighted by atomic mass is 10.1. The van der Waals surface area contributed by atoms with E-state index in [2.05, 4.69) is 68.4 Å². The predicted octanol–water partition coefficient (Wildman–Crippen LogP) is 3.44. The molecule has 0 bridgehead atoms. The van der Waals surface area contributed by atoms with Gasteiger partial charge in [-0.15, -0.1) is 0 Å². The lowest BCUT2D eigenvalue weighted by Crippen LogP contribution is -2.21. The molecule has 3 heteroatoms. The van der Waals surface area contributed by atoms with Crippen molar-refractivity contribution >= 4 is 16.7 Å². The lowest BCUT2D eigenvalue weighted by Gasteiger charge is -2.18. The second kappa shape index (κ2) is 6.71. The number of hydrogen-bond acceptors (Lipinski definition) is 3. The van der Waals surface area contributed by atoms with Crippen LogP contribution in [0, 0.1) is 5.92 Å². The summed E-state index contributed by atoms with van der Waals surface area (Å²) in [4.78, 5) is 6.93. The van der Waals surface area contributed by atoms with Crippen molar-refractivity contribution < 1.29 is 0 Å². The molecule has 0 unspecified atom stereocenters. The third-order valence-corrected chi connectivity index (χ3v) is 3.52. The summed E-state index contributed by atoms with van der Waals surface area (Å²) in [6.45, 7) is 9.50. The number of anilines is 1. The normalized spacial score (nSPS) is 11.2. The fourth-order valence-corrected chi connectivity index (χ4v) is 2.23. The van der Waals surface area contributed by atoms with Crippen LogP contribution in [0.5, 0.6) is 0 Å². The van der Waals surface area contributed by atoms with Crippen LogP contribution in [-0.2, 0) is 6.54 Å². The molecule has 1 N–H and O–H groups in total. The molecule has 0 atom stereocenters. The van der Waals surface area contributed by atoms with Crippen LogP contribution in [0.25, 0.3) is 10.9 Å². The zero-order chi connectivity index (χ0) is 14.5. The number of fused-ring (bicyclic) bond motifs is 1. The summed E-state index contributed by atoms with van der Waals surface area (Å²) in [5.41, 5.74) is 2.40. The van der Waals surface area contributed by atoms with E-state index in [1.165, 1.54) is 10.9 Å². The van der Waals surface area contributed by atoms with E-state index in [0.717, 1.165) is 31.0 Å². The van der Waals surface area contributed by atoms with Gasteiger partial charge in [0.1, 0.15) is 5.82 Å². The van der Waals surface area contributed by atoms with Gasteiger partial charge >= 0.3 is 0 Å². The van der Waals surface area contributed by atoms with Gasteiger partial charge in [-0.3, -0.25) is 0 Å². The van der Waals surface area contributed by atoms with E-state index in [1.54, 1.807) is 0 Å². The molecule has 0 saturated carbocycles. The molecule has 2 rings (SSSR count). The highest BCUT2D eigenvalue weighted by Gasteiger charge is 2.08. The Kier molecular flexibility index (Phi) is 4.96. The number of hydrogen-bond donors (Lipinski definition) is 1. The van der Waals surface area contributed by atoms with Crippen molar-refractivity contribution in [2.24, 2.45) is 5.92 Å². The molecular formula is C17H25N3. The van der Waals surface area contributed by atoms with E-state index >= 15 is 0 Å². The van der Waals surface area contributed by atoms with Gasteiger partial charge in [0.15, 0.2) is 0 Å². The average Bonchev–Trinajstić information content (AvgIpc) is 2.45. The summed E-state index contributed by atoms with van der Waals surface area (Å²) in [6, 6.07) is 10.6. The molecule has 2 aromatic rings. The van der Waals surface area contributed by atoms with Gasteiger partial charge in [-0.2, -0.15) is 0 Å². The molecule has 3 nitrogen and oxygen atoms in total. The van der Waals surface area contributed by atoms with Crippen LogP contribution in [0.4, 0.5) is 5.82 Å². The molecule has 20 heavy (non-hydrogen) atoms. The summed E-state index contributed by atoms with van der Waals surface area (Å²) in [6.07, 6.45) is 0. The molecule has 0 spiro atoms. The summed E-state index contributed by atoms with van der Waals surface area (Å²) in [5.74, 6) is 1.72. The maximum absolute atomic E-state index is 4.75. The zero-order valence-corrected chi connectivity index (χ0v) is 13.0. The first kappa shape index (κ1) is 14.8. The first-order valence-electron chi connectivity index (χ1n) is 7.42. The van der Waals surface area contributed by atoms with Crippen molar-refractivity contribution in [3.63, 3.8) is 0 Å². The van der Waals surface area contributed by atoms with Gasteiger partial charge < -0.3 is 10.2 Å². The smallest absolute Gasteiger partial charge is 0.129 e. The molecule has 1 heterocycles. The van der Waals surface area contributed by atoms with Crippen molar-refractivity contribution in [2.45, 2.75) is 27.3 Å². The summed E-state index contributed by atoms with van der Waals surface area (Å²) in [5, 5.41) is 4.78. The van der Waals surface area contributed by atoms with Gasteiger partial charge in [-0.1, -0.05) is 32.0 Å². The first-order chi connectivity index (χ1) is 9.61. The van der Waals surface area contributed by atoms with E-state index in [-0.39, 0.29) is 0 Å². The number of aromatic nitrogens is 1. The second-order valence-electron chi connectivity index (χ2n) is 5.70. The Morgan fingerprint density at radius 3 is 2.70 bits per heavy atom. The van der Waals surface area contributed by atoms with Crippen LogP contribution >= 0.6 is 0 Å². The first-order valence-corrected chi connectivity index (χ1v) is 7.42. The highest BCUT2D eigenvalue weighted by molar-refractivity contribution is 5.84. The number of para-hydroxylation sites is 1. The van der Waals surface area contributed by atoms with Crippen LogP contribution in [0.15, 0.2) is 30.3 Å². The zero-order valence-electron chi connectivity index (χ0n) is 13.0. The van der Waals surface area contributed by atoms with Gasteiger partial charge in [0.2, 0.25) is 0 Å². The number of benzene rings is 1. The molecule has 0 saturated heterocycles. The van der Waals surface area contributed by atoms with Gasteiger partial charge in [0, 0.05) is 25.5 Å². The molecule has 0 radical (unpaired) electrons. The van der Waals surface area contributed by atoms with Gasteiger partial charge in [-0.05, 0) is 37.1 Å². The Morgan fingerprint density at radius 1 is 1.25 bits per heavy atom. The SMILES string of the molecule is CCN(C)c1cc(CNCC(C)C)c2ccccc2n1. The molecule has 0 amide bonds. The molecule has 0 aliphatic rings. The Bertz CT molecular complexity index is 563.